The van der Waals surface area contributed by atoms with Gasteiger partial charge in [0, 0.05) is 19.2 Å². The third-order valence-corrected chi connectivity index (χ3v) is 1.68. The zero-order valence-electron chi connectivity index (χ0n) is 7.84. The zero-order valence-corrected chi connectivity index (χ0v) is 7.84. The van der Waals surface area contributed by atoms with Gasteiger partial charge in [-0.3, -0.25) is 10.1 Å². The molecule has 0 unspecified atom stereocenters. The molecule has 0 amide bonds. The Balaban J connectivity index is 2.68. The van der Waals surface area contributed by atoms with Crippen molar-refractivity contribution in [1.82, 2.24) is 0 Å². The quantitative estimate of drug-likeness (QED) is 0.544. The van der Waals surface area contributed by atoms with Gasteiger partial charge >= 0.3 is 0 Å². The van der Waals surface area contributed by atoms with Crippen LogP contribution >= 0.6 is 0 Å². The summed E-state index contributed by atoms with van der Waals surface area (Å²) in [6, 6.07) is 6.35. The number of ether oxygens (including phenoxy) is 1. The lowest BCUT2D eigenvalue weighted by Gasteiger charge is -1.93. The fraction of sp³-hybridized carbons (Fsp3) is 0.200. The normalized spacial score (nSPS) is 10.6. The Morgan fingerprint density at radius 3 is 2.57 bits per heavy atom. The van der Waals surface area contributed by atoms with E-state index in [2.05, 4.69) is 0 Å². The molecule has 0 saturated heterocycles. The van der Waals surface area contributed by atoms with Gasteiger partial charge < -0.3 is 4.74 Å². The maximum atomic E-state index is 10.3. The van der Waals surface area contributed by atoms with Crippen LogP contribution in [-0.4, -0.2) is 18.6 Å². The average molecular weight is 193 g/mol. The van der Waals surface area contributed by atoms with E-state index >= 15 is 0 Å². The van der Waals surface area contributed by atoms with Gasteiger partial charge in [-0.1, -0.05) is 12.2 Å². The maximum absolute atomic E-state index is 10.3. The predicted molar refractivity (Wildman–Crippen MR) is 54.0 cm³/mol. The van der Waals surface area contributed by atoms with E-state index in [9.17, 15) is 10.1 Å². The highest BCUT2D eigenvalue weighted by molar-refractivity contribution is 5.51. The topological polar surface area (TPSA) is 52.4 Å². The number of benzene rings is 1. The Kier molecular flexibility index (Phi) is 3.82. The van der Waals surface area contributed by atoms with E-state index in [-0.39, 0.29) is 5.69 Å². The van der Waals surface area contributed by atoms with Gasteiger partial charge in [-0.05, 0) is 17.7 Å². The van der Waals surface area contributed by atoms with Gasteiger partial charge in [0.2, 0.25) is 0 Å². The lowest BCUT2D eigenvalue weighted by Crippen LogP contribution is -1.86. The summed E-state index contributed by atoms with van der Waals surface area (Å²) in [4.78, 5) is 9.93. The molecule has 1 aromatic carbocycles. The number of methoxy groups -OCH3 is 1. The predicted octanol–water partition coefficient (Wildman–Crippen LogP) is 2.25. The number of nitro benzene ring substituents is 1. The van der Waals surface area contributed by atoms with Crippen molar-refractivity contribution < 1.29 is 9.66 Å². The Morgan fingerprint density at radius 1 is 1.43 bits per heavy atom. The minimum atomic E-state index is -0.414. The molecular formula is C10H11NO3. The number of hydrogen-bond acceptors (Lipinski definition) is 3. The summed E-state index contributed by atoms with van der Waals surface area (Å²) < 4.78 is 4.83. The second-order valence-corrected chi connectivity index (χ2v) is 2.71. The maximum Gasteiger partial charge on any atom is 0.269 e. The Hall–Kier alpha value is -1.68. The molecule has 4 nitrogen and oxygen atoms in total. The molecule has 0 aliphatic rings. The first kappa shape index (κ1) is 10.4. The fourth-order valence-corrected chi connectivity index (χ4v) is 0.988. The van der Waals surface area contributed by atoms with Crippen LogP contribution in [-0.2, 0) is 4.74 Å². The number of hydrogen-bond donors (Lipinski definition) is 0. The van der Waals surface area contributed by atoms with Gasteiger partial charge in [0.1, 0.15) is 0 Å². The smallest absolute Gasteiger partial charge is 0.269 e. The lowest BCUT2D eigenvalue weighted by atomic mass is 10.2. The van der Waals surface area contributed by atoms with Gasteiger partial charge in [-0.25, -0.2) is 0 Å². The molecule has 1 aromatic rings. The Labute approximate surface area is 82.0 Å². The van der Waals surface area contributed by atoms with E-state index in [0.717, 1.165) is 5.56 Å². The molecule has 0 aromatic heterocycles. The molecule has 0 atom stereocenters. The summed E-state index contributed by atoms with van der Waals surface area (Å²) in [5, 5.41) is 10.3. The third-order valence-electron chi connectivity index (χ3n) is 1.68. The minimum Gasteiger partial charge on any atom is -0.381 e. The van der Waals surface area contributed by atoms with E-state index in [1.54, 1.807) is 19.2 Å². The van der Waals surface area contributed by atoms with Gasteiger partial charge in [0.05, 0.1) is 11.5 Å². The molecule has 0 aliphatic heterocycles. The molecule has 74 valence electrons. The molecule has 4 heteroatoms. The molecule has 0 heterocycles. The van der Waals surface area contributed by atoms with Crippen molar-refractivity contribution in [2.75, 3.05) is 13.7 Å². The van der Waals surface area contributed by atoms with Crippen LogP contribution in [0.2, 0.25) is 0 Å². The van der Waals surface area contributed by atoms with Gasteiger partial charge in [-0.2, -0.15) is 0 Å². The summed E-state index contributed by atoms with van der Waals surface area (Å²) >= 11 is 0. The molecule has 14 heavy (non-hydrogen) atoms. The van der Waals surface area contributed by atoms with E-state index in [0.29, 0.717) is 6.61 Å². The standard InChI is InChI=1S/C10H11NO3/c1-14-8-2-3-9-4-6-10(7-5-9)11(12)13/h2-7H,8H2,1H3. The van der Waals surface area contributed by atoms with Crippen LogP contribution in [0.3, 0.4) is 0 Å². The summed E-state index contributed by atoms with van der Waals surface area (Å²) in [5.41, 5.74) is 1.03. The van der Waals surface area contributed by atoms with Crippen LogP contribution in [0.1, 0.15) is 5.56 Å². The Morgan fingerprint density at radius 2 is 2.07 bits per heavy atom. The largest absolute Gasteiger partial charge is 0.381 e. The van der Waals surface area contributed by atoms with E-state index in [1.807, 2.05) is 12.2 Å². The molecule has 0 bridgehead atoms. The van der Waals surface area contributed by atoms with Crippen LogP contribution < -0.4 is 0 Å². The van der Waals surface area contributed by atoms with E-state index < -0.39 is 4.92 Å². The van der Waals surface area contributed by atoms with E-state index in [4.69, 9.17) is 4.74 Å². The first-order valence-corrected chi connectivity index (χ1v) is 4.14. The van der Waals surface area contributed by atoms with Crippen molar-refractivity contribution >= 4 is 11.8 Å². The molecule has 0 N–H and O–H groups in total. The fourth-order valence-electron chi connectivity index (χ4n) is 0.988. The van der Waals surface area contributed by atoms with E-state index in [1.165, 1.54) is 12.1 Å². The molecular weight excluding hydrogens is 182 g/mol. The average Bonchev–Trinajstić information content (AvgIpc) is 2.19. The van der Waals surface area contributed by atoms with Crippen LogP contribution in [0.5, 0.6) is 0 Å². The number of nitro groups is 1. The van der Waals surface area contributed by atoms with Crippen molar-refractivity contribution in [2.24, 2.45) is 0 Å². The van der Waals surface area contributed by atoms with Crippen LogP contribution in [0.4, 0.5) is 5.69 Å². The zero-order chi connectivity index (χ0) is 10.4. The second-order valence-electron chi connectivity index (χ2n) is 2.71. The first-order chi connectivity index (χ1) is 6.74. The minimum absolute atomic E-state index is 0.105. The van der Waals surface area contributed by atoms with Crippen molar-refractivity contribution in [1.29, 1.82) is 0 Å². The summed E-state index contributed by atoms with van der Waals surface area (Å²) in [5.74, 6) is 0. The monoisotopic (exact) mass is 193 g/mol. The summed E-state index contributed by atoms with van der Waals surface area (Å²) in [6.45, 7) is 0.539. The highest BCUT2D eigenvalue weighted by Gasteiger charge is 2.01. The molecule has 1 rings (SSSR count). The van der Waals surface area contributed by atoms with Crippen molar-refractivity contribution in [3.05, 3.63) is 46.0 Å². The summed E-state index contributed by atoms with van der Waals surface area (Å²) in [6.07, 6.45) is 3.70. The SMILES string of the molecule is COCC=Cc1ccc([N+](=O)[O-])cc1. The first-order valence-electron chi connectivity index (χ1n) is 4.14. The molecule has 0 radical (unpaired) electrons. The third kappa shape index (κ3) is 2.99. The highest BCUT2D eigenvalue weighted by Crippen LogP contribution is 2.12. The molecule has 0 aliphatic carbocycles. The number of rotatable bonds is 4. The van der Waals surface area contributed by atoms with Crippen LogP contribution in [0.15, 0.2) is 30.3 Å². The van der Waals surface area contributed by atoms with Crippen molar-refractivity contribution in [2.45, 2.75) is 0 Å². The highest BCUT2D eigenvalue weighted by atomic mass is 16.6. The van der Waals surface area contributed by atoms with Crippen molar-refractivity contribution in [3.8, 4) is 0 Å². The van der Waals surface area contributed by atoms with Gasteiger partial charge in [0.15, 0.2) is 0 Å². The lowest BCUT2D eigenvalue weighted by molar-refractivity contribution is -0.384. The van der Waals surface area contributed by atoms with Gasteiger partial charge in [-0.15, -0.1) is 0 Å². The Bertz CT molecular complexity index is 330. The number of nitrogens with zero attached hydrogens (tertiary/aromatic N) is 1. The van der Waals surface area contributed by atoms with Crippen molar-refractivity contribution in [3.63, 3.8) is 0 Å². The number of non-ortho nitro benzene ring substituents is 1. The second kappa shape index (κ2) is 5.14. The molecule has 0 saturated carbocycles. The van der Waals surface area contributed by atoms with Gasteiger partial charge in [0.25, 0.3) is 5.69 Å². The molecule has 0 fully saturated rings. The van der Waals surface area contributed by atoms with Crippen LogP contribution in [0.25, 0.3) is 6.08 Å². The molecule has 0 spiro atoms. The van der Waals surface area contributed by atoms with Crippen LogP contribution in [0, 0.1) is 10.1 Å². The summed E-state index contributed by atoms with van der Waals surface area (Å²) in [7, 11) is 1.61.